The lowest BCUT2D eigenvalue weighted by molar-refractivity contribution is -0.478. The number of ether oxygens (including phenoxy) is 1. The van der Waals surface area contributed by atoms with Crippen molar-refractivity contribution in [3.8, 4) is 0 Å². The highest BCUT2D eigenvalue weighted by Gasteiger charge is 2.36. The van der Waals surface area contributed by atoms with E-state index in [0.717, 1.165) is 12.4 Å². The number of fused-ring (bicyclic) bond motifs is 1. The Morgan fingerprint density at radius 3 is 2.32 bits per heavy atom. The molecule has 0 fully saturated rings. The Kier molecular flexibility index (Phi) is 4.53. The van der Waals surface area contributed by atoms with Gasteiger partial charge in [0.05, 0.1) is 12.7 Å². The van der Waals surface area contributed by atoms with Crippen molar-refractivity contribution in [1.29, 1.82) is 0 Å². The van der Waals surface area contributed by atoms with E-state index in [1.165, 1.54) is 11.1 Å². The van der Waals surface area contributed by atoms with Gasteiger partial charge in [-0.1, -0.05) is 18.2 Å². The number of rotatable bonds is 0. The van der Waals surface area contributed by atoms with Crippen LogP contribution in [0.3, 0.4) is 0 Å². The third-order valence-electron chi connectivity index (χ3n) is 2.19. The lowest BCUT2D eigenvalue weighted by Gasteiger charge is -2.08. The van der Waals surface area contributed by atoms with Crippen molar-refractivity contribution in [1.82, 2.24) is 0 Å². The van der Waals surface area contributed by atoms with E-state index in [4.69, 9.17) is 17.7 Å². The Morgan fingerprint density at radius 1 is 1.32 bits per heavy atom. The molecule has 1 heterocycles. The first-order valence-electron chi connectivity index (χ1n) is 4.92. The van der Waals surface area contributed by atoms with E-state index in [1.54, 1.807) is 7.11 Å². The van der Waals surface area contributed by atoms with Crippen LogP contribution in [0.4, 0.5) is 13.2 Å². The number of hydrogen-bond donors (Lipinski definition) is 1. The standard InChI is InChI=1S/C9H9NO.CHF3O3S/c1-11-9-8-5-3-2-4-7(8)6-10-9;2-1(3,4)8(5,6)7/h2-5H,6H2,1H3;(H,5,6,7). The van der Waals surface area contributed by atoms with Crippen LogP contribution in [0.25, 0.3) is 0 Å². The Hall–Kier alpha value is -1.61. The molecule has 0 atom stereocenters. The third-order valence-corrected chi connectivity index (χ3v) is 2.76. The molecule has 1 aliphatic heterocycles. The molecule has 0 amide bonds. The quantitative estimate of drug-likeness (QED) is 0.528. The summed E-state index contributed by atoms with van der Waals surface area (Å²) in [6.07, 6.45) is 0. The summed E-state index contributed by atoms with van der Waals surface area (Å²) >= 11 is 0. The van der Waals surface area contributed by atoms with Crippen molar-refractivity contribution in [2.24, 2.45) is 0 Å². The van der Waals surface area contributed by atoms with Crippen LogP contribution >= 0.6 is 0 Å². The maximum Gasteiger partial charge on any atom is 0.485 e. The lowest BCUT2D eigenvalue weighted by atomic mass is 10.1. The fourth-order valence-electron chi connectivity index (χ4n) is 1.35. The second-order valence-electron chi connectivity index (χ2n) is 3.44. The number of benzene rings is 1. The SMILES string of the molecule is COC1=[NH+]Cc2ccccc21.O=S(=O)([O-])C(F)(F)F. The van der Waals surface area contributed by atoms with Gasteiger partial charge in [0, 0.05) is 5.56 Å². The van der Waals surface area contributed by atoms with Crippen molar-refractivity contribution in [3.63, 3.8) is 0 Å². The van der Waals surface area contributed by atoms with Crippen LogP contribution in [0.1, 0.15) is 11.1 Å². The van der Waals surface area contributed by atoms with Crippen LogP contribution in [0.15, 0.2) is 24.3 Å². The van der Waals surface area contributed by atoms with Crippen molar-refractivity contribution in [2.45, 2.75) is 12.1 Å². The van der Waals surface area contributed by atoms with Gasteiger partial charge in [0.1, 0.15) is 0 Å². The molecule has 0 aliphatic carbocycles. The van der Waals surface area contributed by atoms with Gasteiger partial charge in [-0.3, -0.25) is 0 Å². The summed E-state index contributed by atoms with van der Waals surface area (Å²) < 4.78 is 64.0. The molecule has 5 nitrogen and oxygen atoms in total. The van der Waals surface area contributed by atoms with Crippen LogP contribution in [-0.4, -0.2) is 31.5 Å². The van der Waals surface area contributed by atoms with Gasteiger partial charge in [-0.25, -0.2) is 13.4 Å². The number of hydrogen-bond acceptors (Lipinski definition) is 4. The second-order valence-corrected chi connectivity index (χ2v) is 4.81. The van der Waals surface area contributed by atoms with Crippen molar-refractivity contribution in [3.05, 3.63) is 35.4 Å². The zero-order valence-electron chi connectivity index (χ0n) is 9.69. The summed E-state index contributed by atoms with van der Waals surface area (Å²) in [5.41, 5.74) is -3.15. The van der Waals surface area contributed by atoms with E-state index in [1.807, 2.05) is 12.1 Å². The molecule has 0 saturated heterocycles. The molecule has 19 heavy (non-hydrogen) atoms. The summed E-state index contributed by atoms with van der Waals surface area (Å²) in [6.45, 7) is 0.888. The van der Waals surface area contributed by atoms with E-state index in [-0.39, 0.29) is 0 Å². The number of methoxy groups -OCH3 is 1. The summed E-state index contributed by atoms with van der Waals surface area (Å²) in [6, 6.07) is 8.23. The third kappa shape index (κ3) is 3.93. The van der Waals surface area contributed by atoms with Crippen LogP contribution in [0.5, 0.6) is 0 Å². The van der Waals surface area contributed by atoms with Crippen molar-refractivity contribution >= 4 is 16.0 Å². The van der Waals surface area contributed by atoms with Crippen LogP contribution in [0, 0.1) is 0 Å². The molecular weight excluding hydrogens is 287 g/mol. The van der Waals surface area contributed by atoms with E-state index < -0.39 is 15.6 Å². The van der Waals surface area contributed by atoms with E-state index in [2.05, 4.69) is 17.1 Å². The second kappa shape index (κ2) is 5.57. The van der Waals surface area contributed by atoms with E-state index in [0.29, 0.717) is 0 Å². The monoisotopic (exact) mass is 297 g/mol. The predicted molar refractivity (Wildman–Crippen MR) is 58.0 cm³/mol. The number of alkyl halides is 3. The number of nitrogens with one attached hydrogen (secondary N) is 1. The van der Waals surface area contributed by atoms with Gasteiger partial charge in [-0.15, -0.1) is 0 Å². The Bertz CT molecular complexity index is 581. The maximum absolute atomic E-state index is 10.7. The fourth-order valence-corrected chi connectivity index (χ4v) is 1.35. The Labute approximate surface area is 107 Å². The minimum Gasteiger partial charge on any atom is -0.741 e. The van der Waals surface area contributed by atoms with Crippen LogP contribution in [0.2, 0.25) is 0 Å². The summed E-state index contributed by atoms with van der Waals surface area (Å²) in [7, 11) is -4.41. The average molecular weight is 297 g/mol. The Morgan fingerprint density at radius 2 is 1.84 bits per heavy atom. The molecule has 0 saturated carbocycles. The molecular formula is C10H10F3NO4S. The smallest absolute Gasteiger partial charge is 0.485 e. The van der Waals surface area contributed by atoms with Gasteiger partial charge in [0.2, 0.25) is 0 Å². The molecule has 0 unspecified atom stereocenters. The van der Waals surface area contributed by atoms with Gasteiger partial charge < -0.3 is 9.29 Å². The van der Waals surface area contributed by atoms with Gasteiger partial charge in [0.15, 0.2) is 16.7 Å². The summed E-state index contributed by atoms with van der Waals surface area (Å²) in [5, 5.41) is 0. The zero-order chi connectivity index (χ0) is 14.7. The molecule has 1 aromatic rings. The van der Waals surface area contributed by atoms with E-state index >= 15 is 0 Å². The van der Waals surface area contributed by atoms with Crippen LogP contribution < -0.4 is 4.99 Å². The predicted octanol–water partition coefficient (Wildman–Crippen LogP) is -0.275. The summed E-state index contributed by atoms with van der Waals surface area (Å²) in [5.74, 6) is 0.889. The average Bonchev–Trinajstić information content (AvgIpc) is 2.70. The van der Waals surface area contributed by atoms with Gasteiger partial charge in [-0.2, -0.15) is 13.2 Å². The van der Waals surface area contributed by atoms with E-state index in [9.17, 15) is 13.2 Å². The lowest BCUT2D eigenvalue weighted by Crippen LogP contribution is -2.68. The number of halogens is 3. The van der Waals surface area contributed by atoms with Gasteiger partial charge >= 0.3 is 11.4 Å². The highest BCUT2D eigenvalue weighted by molar-refractivity contribution is 7.86. The highest BCUT2D eigenvalue weighted by atomic mass is 32.2. The molecule has 2 rings (SSSR count). The maximum atomic E-state index is 10.7. The Balaban J connectivity index is 0.000000203. The zero-order valence-corrected chi connectivity index (χ0v) is 10.5. The summed E-state index contributed by atoms with van der Waals surface area (Å²) in [4.78, 5) is 3.17. The topological polar surface area (TPSA) is 80.4 Å². The highest BCUT2D eigenvalue weighted by Crippen LogP contribution is 2.20. The van der Waals surface area contributed by atoms with Gasteiger partial charge in [-0.05, 0) is 6.07 Å². The minimum absolute atomic E-state index is 0.888. The molecule has 0 radical (unpaired) electrons. The molecule has 1 aliphatic rings. The molecule has 0 aromatic heterocycles. The molecule has 1 aromatic carbocycles. The first-order chi connectivity index (χ1) is 8.67. The molecule has 106 valence electrons. The largest absolute Gasteiger partial charge is 0.741 e. The molecule has 1 N–H and O–H groups in total. The first-order valence-corrected chi connectivity index (χ1v) is 6.33. The van der Waals surface area contributed by atoms with Crippen molar-refractivity contribution < 1.29 is 35.9 Å². The molecule has 9 heteroatoms. The van der Waals surface area contributed by atoms with Gasteiger partial charge in [0.25, 0.3) is 0 Å². The molecule has 0 spiro atoms. The molecule has 0 bridgehead atoms. The van der Waals surface area contributed by atoms with Crippen LogP contribution in [-0.2, 0) is 21.4 Å². The fraction of sp³-hybridized carbons (Fsp3) is 0.300. The normalized spacial score (nSPS) is 14.1. The van der Waals surface area contributed by atoms with Crippen molar-refractivity contribution in [2.75, 3.05) is 7.11 Å². The minimum atomic E-state index is -6.09. The first kappa shape index (κ1) is 15.4.